The van der Waals surface area contributed by atoms with Crippen LogP contribution in [0.3, 0.4) is 0 Å². The van der Waals surface area contributed by atoms with Gasteiger partial charge in [0.05, 0.1) is 9.79 Å². The molecule has 0 spiro atoms. The van der Waals surface area contributed by atoms with Gasteiger partial charge in [-0.15, -0.1) is 0 Å². The summed E-state index contributed by atoms with van der Waals surface area (Å²) in [5.41, 5.74) is 2.08. The molecule has 0 atom stereocenters. The van der Waals surface area contributed by atoms with Crippen LogP contribution in [0, 0.1) is 0 Å². The molecule has 0 aliphatic heterocycles. The van der Waals surface area contributed by atoms with Crippen molar-refractivity contribution in [2.75, 3.05) is 0 Å². The zero-order valence-electron chi connectivity index (χ0n) is 39.2. The summed E-state index contributed by atoms with van der Waals surface area (Å²) in [4.78, 5) is -0.628. The van der Waals surface area contributed by atoms with Crippen LogP contribution in [0.15, 0.2) is 94.7 Å². The third-order valence-corrected chi connectivity index (χ3v) is 13.0. The van der Waals surface area contributed by atoms with Crippen LogP contribution in [0.2, 0.25) is 0 Å². The Morgan fingerprint density at radius 2 is 0.846 bits per heavy atom. The Bertz CT molecular complexity index is 1970. The molecule has 10 nitrogen and oxygen atoms in total. The molecule has 65 heavy (non-hydrogen) atoms. The minimum absolute atomic E-state index is 0. The topological polar surface area (TPSA) is 173 Å². The first-order valence-electron chi connectivity index (χ1n) is 23.9. The molecule has 4 aromatic rings. The molecule has 0 heterocycles. The van der Waals surface area contributed by atoms with Gasteiger partial charge in [0, 0.05) is 6.07 Å². The van der Waals surface area contributed by atoms with Crippen LogP contribution in [0.5, 0.6) is 34.5 Å². The van der Waals surface area contributed by atoms with Crippen LogP contribution in [0.1, 0.15) is 179 Å². The van der Waals surface area contributed by atoms with Crippen molar-refractivity contribution in [2.45, 2.75) is 191 Å². The summed E-state index contributed by atoms with van der Waals surface area (Å²) >= 11 is 0. The second-order valence-corrected chi connectivity index (χ2v) is 19.7. The van der Waals surface area contributed by atoms with Crippen molar-refractivity contribution in [3.8, 4) is 34.5 Å². The Kier molecular flexibility index (Phi) is 30.1. The average Bonchev–Trinajstić information content (AvgIpc) is 3.26. The third-order valence-electron chi connectivity index (χ3n) is 11.3. The van der Waals surface area contributed by atoms with Gasteiger partial charge in [-0.2, -0.15) is 8.42 Å². The van der Waals surface area contributed by atoms with Gasteiger partial charge in [-0.1, -0.05) is 191 Å². The first-order valence-corrected chi connectivity index (χ1v) is 26.8. The van der Waals surface area contributed by atoms with Crippen molar-refractivity contribution in [3.05, 3.63) is 96.1 Å². The average molecular weight is 963 g/mol. The van der Waals surface area contributed by atoms with Crippen LogP contribution in [-0.2, 0) is 33.1 Å². The van der Waals surface area contributed by atoms with E-state index in [1.807, 2.05) is 12.1 Å². The summed E-state index contributed by atoms with van der Waals surface area (Å²) in [6.45, 7) is 4.50. The number of hydrogen-bond donors (Lipinski definition) is 2. The number of unbranched alkanes of at least 4 members (excludes halogenated alkanes) is 22. The fourth-order valence-electron chi connectivity index (χ4n) is 7.57. The fraction of sp³-hybridized carbons (Fsp3) is 0.538. The second-order valence-electron chi connectivity index (χ2n) is 16.9. The Labute approximate surface area is 421 Å². The molecule has 4 rings (SSSR count). The van der Waals surface area contributed by atoms with Crippen molar-refractivity contribution in [3.63, 3.8) is 0 Å². The predicted octanol–water partition coefficient (Wildman–Crippen LogP) is 14.0. The van der Waals surface area contributed by atoms with Gasteiger partial charge in [-0.3, -0.25) is 4.55 Å². The predicted molar refractivity (Wildman–Crippen MR) is 260 cm³/mol. The van der Waals surface area contributed by atoms with E-state index in [0.29, 0.717) is 0 Å². The summed E-state index contributed by atoms with van der Waals surface area (Å²) in [7, 11) is -8.88. The molecular weight excluding hydrogens is 889 g/mol. The second kappa shape index (κ2) is 33.6. The normalized spacial score (nSPS) is 11.4. The summed E-state index contributed by atoms with van der Waals surface area (Å²) in [5.74, 6) is 0.509. The molecule has 4 aromatic carbocycles. The number of aromatic hydroxyl groups is 1. The van der Waals surface area contributed by atoms with Crippen molar-refractivity contribution >= 4 is 58.0 Å². The molecule has 0 saturated carbocycles. The van der Waals surface area contributed by atoms with Crippen LogP contribution >= 0.6 is 0 Å². The third kappa shape index (κ3) is 25.8. The molecule has 0 aliphatic rings. The fourth-order valence-corrected chi connectivity index (χ4v) is 8.59. The summed E-state index contributed by atoms with van der Waals surface area (Å²) in [6.07, 6.45) is 33.0. The van der Waals surface area contributed by atoms with Crippen LogP contribution in [0.4, 0.5) is 0 Å². The monoisotopic (exact) mass is 962 g/mol. The van der Waals surface area contributed by atoms with E-state index >= 15 is 0 Å². The number of hydrogen-bond acceptors (Lipinski definition) is 9. The number of benzene rings is 4. The smallest absolute Gasteiger partial charge is 0.870 e. The largest absolute Gasteiger partial charge is 2.00 e. The molecule has 0 amide bonds. The van der Waals surface area contributed by atoms with Crippen molar-refractivity contribution in [2.24, 2.45) is 0 Å². The Morgan fingerprint density at radius 3 is 1.28 bits per heavy atom. The first kappa shape index (κ1) is 58.3. The van der Waals surface area contributed by atoms with Crippen LogP contribution < -0.4 is 14.6 Å². The minimum Gasteiger partial charge on any atom is -0.870 e. The SMILES string of the molecule is CCCCCCCCCCCCCCc1ccc(O)c(Oc2cccc(S(=O)(=O)O)c2)c1.CCCCCCCCCCCCCCc1ccc([O-])c(Oc2cccc(S(=O)(=O)[O-])c2)c1.[Ca+2]. The van der Waals surface area contributed by atoms with Gasteiger partial charge < -0.3 is 24.2 Å². The van der Waals surface area contributed by atoms with Gasteiger partial charge in [0.2, 0.25) is 0 Å². The van der Waals surface area contributed by atoms with E-state index in [1.165, 1.54) is 177 Å². The van der Waals surface area contributed by atoms with Crippen molar-refractivity contribution < 1.29 is 45.6 Å². The van der Waals surface area contributed by atoms with Gasteiger partial charge in [0.1, 0.15) is 27.4 Å². The summed E-state index contributed by atoms with van der Waals surface area (Å²) in [6, 6.07) is 21.1. The Hall–Kier alpha value is -2.84. The molecule has 0 bridgehead atoms. The molecule has 0 aromatic heterocycles. The molecule has 13 heteroatoms. The van der Waals surface area contributed by atoms with Crippen molar-refractivity contribution in [1.29, 1.82) is 0 Å². The van der Waals surface area contributed by atoms with Gasteiger partial charge in [-0.25, -0.2) is 8.42 Å². The number of phenolic OH excluding ortho intramolecular Hbond substituents is 1. The Morgan fingerprint density at radius 1 is 0.477 bits per heavy atom. The molecule has 0 unspecified atom stereocenters. The molecule has 2 N–H and O–H groups in total. The number of aryl methyl sites for hydroxylation is 2. The minimum atomic E-state index is -4.57. The maximum atomic E-state index is 12.1. The van der Waals surface area contributed by atoms with Crippen LogP contribution in [-0.4, -0.2) is 68.8 Å². The van der Waals surface area contributed by atoms with Gasteiger partial charge in [0.25, 0.3) is 10.1 Å². The van der Waals surface area contributed by atoms with Crippen LogP contribution in [0.25, 0.3) is 0 Å². The maximum Gasteiger partial charge on any atom is 2.00 e. The summed E-state index contributed by atoms with van der Waals surface area (Å²) in [5, 5.41) is 22.2. The maximum absolute atomic E-state index is 12.1. The molecule has 356 valence electrons. The molecular formula is C52H74CaO10S2. The number of rotatable bonds is 32. The summed E-state index contributed by atoms with van der Waals surface area (Å²) < 4.78 is 76.6. The van der Waals surface area contributed by atoms with E-state index in [-0.39, 0.29) is 82.0 Å². The molecule has 0 saturated heterocycles. The molecule has 0 radical (unpaired) electrons. The van der Waals surface area contributed by atoms with E-state index in [0.717, 1.165) is 49.3 Å². The van der Waals surface area contributed by atoms with E-state index in [2.05, 4.69) is 13.8 Å². The van der Waals surface area contributed by atoms with E-state index in [1.54, 1.807) is 24.3 Å². The zero-order valence-corrected chi connectivity index (χ0v) is 43.0. The molecule has 0 aliphatic carbocycles. The van der Waals surface area contributed by atoms with Gasteiger partial charge in [-0.05, 0) is 85.3 Å². The van der Waals surface area contributed by atoms with E-state index in [4.69, 9.17) is 9.47 Å². The van der Waals surface area contributed by atoms with Crippen molar-refractivity contribution in [1.82, 2.24) is 0 Å². The zero-order chi connectivity index (χ0) is 46.5. The van der Waals surface area contributed by atoms with Gasteiger partial charge >= 0.3 is 37.7 Å². The van der Waals surface area contributed by atoms with Gasteiger partial charge in [0.15, 0.2) is 11.5 Å². The quantitative estimate of drug-likeness (QED) is 0.0272. The number of phenols is 1. The standard InChI is InChI=1S/2C26H38O5S.Ca/c2*1-2-3-4-5-6-7-8-9-10-11-12-13-15-22-18-19-25(27)26(20-22)31-23-16-14-17-24(21-23)32(28,29)30;/h2*14,16-21,27H,2-13,15H2,1H3,(H,28,29,30);/q;;+2/p-2. The van der Waals surface area contributed by atoms with E-state index < -0.39 is 20.2 Å². The van der Waals surface area contributed by atoms with E-state index in [9.17, 15) is 36.2 Å². The first-order chi connectivity index (χ1) is 30.8. The Balaban J connectivity index is 0.000000440. The number of ether oxygens (including phenoxy) is 2. The molecule has 0 fully saturated rings.